The second-order valence-electron chi connectivity index (χ2n) is 10.4. The average molecular weight is 472 g/mol. The van der Waals surface area contributed by atoms with E-state index in [0.717, 1.165) is 36.4 Å². The van der Waals surface area contributed by atoms with Gasteiger partial charge in [-0.05, 0) is 60.8 Å². The lowest BCUT2D eigenvalue weighted by Crippen LogP contribution is -2.48. The quantitative estimate of drug-likeness (QED) is 0.464. The summed E-state index contributed by atoms with van der Waals surface area (Å²) in [5, 5.41) is 5.97. The molecular formula is C28H33N5O2. The maximum Gasteiger partial charge on any atom is 0.251 e. The third-order valence-electron chi connectivity index (χ3n) is 7.90. The van der Waals surface area contributed by atoms with Crippen molar-refractivity contribution >= 4 is 28.5 Å². The lowest BCUT2D eigenvalue weighted by atomic mass is 9.48. The van der Waals surface area contributed by atoms with E-state index in [9.17, 15) is 9.59 Å². The van der Waals surface area contributed by atoms with Crippen LogP contribution < -0.4 is 10.6 Å². The van der Waals surface area contributed by atoms with Crippen LogP contribution in [0.4, 0.5) is 5.69 Å². The molecule has 0 aliphatic heterocycles. The van der Waals surface area contributed by atoms with E-state index in [1.807, 2.05) is 22.8 Å². The highest BCUT2D eigenvalue weighted by Crippen LogP contribution is 2.59. The van der Waals surface area contributed by atoms with Crippen LogP contribution in [0.2, 0.25) is 0 Å². The second-order valence-corrected chi connectivity index (χ2v) is 10.4. The van der Waals surface area contributed by atoms with Gasteiger partial charge in [-0.25, -0.2) is 4.98 Å². The third kappa shape index (κ3) is 4.59. The van der Waals surface area contributed by atoms with Gasteiger partial charge in [0.05, 0.1) is 23.0 Å². The Morgan fingerprint density at radius 1 is 1.17 bits per heavy atom. The van der Waals surface area contributed by atoms with Crippen molar-refractivity contribution in [1.29, 1.82) is 0 Å². The van der Waals surface area contributed by atoms with E-state index in [4.69, 9.17) is 0 Å². The zero-order valence-corrected chi connectivity index (χ0v) is 20.7. The van der Waals surface area contributed by atoms with Crippen LogP contribution in [0.25, 0.3) is 11.0 Å². The lowest BCUT2D eigenvalue weighted by Gasteiger charge is -2.56. The van der Waals surface area contributed by atoms with Gasteiger partial charge >= 0.3 is 0 Å². The second kappa shape index (κ2) is 9.29. The largest absolute Gasteiger partial charge is 0.352 e. The number of pyridine rings is 1. The molecule has 0 saturated heterocycles. The van der Waals surface area contributed by atoms with E-state index in [2.05, 4.69) is 40.5 Å². The molecule has 2 atom stereocenters. The zero-order valence-electron chi connectivity index (χ0n) is 20.7. The number of amides is 2. The van der Waals surface area contributed by atoms with Gasteiger partial charge in [-0.3, -0.25) is 14.6 Å². The molecule has 2 amide bonds. The molecule has 1 saturated carbocycles. The van der Waals surface area contributed by atoms with Gasteiger partial charge in [0.25, 0.3) is 5.91 Å². The number of rotatable bonds is 8. The predicted octanol–water partition coefficient (Wildman–Crippen LogP) is 4.74. The van der Waals surface area contributed by atoms with Crippen molar-refractivity contribution in [2.24, 2.45) is 17.3 Å². The van der Waals surface area contributed by atoms with E-state index in [-0.39, 0.29) is 11.8 Å². The van der Waals surface area contributed by atoms with Crippen LogP contribution in [0.5, 0.6) is 0 Å². The molecule has 2 N–H and O–H groups in total. The number of fused-ring (bicyclic) bond motifs is 2. The molecule has 1 fully saturated rings. The molecule has 7 nitrogen and oxygen atoms in total. The fourth-order valence-electron chi connectivity index (χ4n) is 5.76. The Hall–Kier alpha value is -3.48. The first-order valence-corrected chi connectivity index (χ1v) is 12.5. The molecule has 6 rings (SSSR count). The minimum absolute atomic E-state index is 0.149. The van der Waals surface area contributed by atoms with Crippen molar-refractivity contribution in [3.63, 3.8) is 0 Å². The SMILES string of the molecule is CC(=O)Nc1cc(C(=O)NCCC2=CC[C@H]3C[C@@H]2C3(C)C)cc2ncn(CCc3ccccn3)c12. The third-order valence-corrected chi connectivity index (χ3v) is 7.90. The number of allylic oxidation sites excluding steroid dienone is 1. The Bertz CT molecular complexity index is 1290. The summed E-state index contributed by atoms with van der Waals surface area (Å²) < 4.78 is 2.00. The Labute approximate surface area is 206 Å². The highest BCUT2D eigenvalue weighted by Gasteiger charge is 2.50. The van der Waals surface area contributed by atoms with Gasteiger partial charge in [0.1, 0.15) is 0 Å². The summed E-state index contributed by atoms with van der Waals surface area (Å²) in [6.45, 7) is 7.47. The van der Waals surface area contributed by atoms with E-state index in [1.165, 1.54) is 18.9 Å². The van der Waals surface area contributed by atoms with Crippen LogP contribution in [-0.2, 0) is 17.8 Å². The Morgan fingerprint density at radius 2 is 2.03 bits per heavy atom. The van der Waals surface area contributed by atoms with Crippen molar-refractivity contribution in [3.8, 4) is 0 Å². The van der Waals surface area contributed by atoms with Gasteiger partial charge < -0.3 is 15.2 Å². The van der Waals surface area contributed by atoms with Gasteiger partial charge in [-0.1, -0.05) is 31.6 Å². The fraction of sp³-hybridized carbons (Fsp3) is 0.429. The first kappa shape index (κ1) is 23.3. The maximum atomic E-state index is 13.0. The number of carbonyl (C=O) groups is 2. The number of aromatic nitrogens is 3. The molecule has 2 aromatic heterocycles. The number of nitrogens with zero attached hydrogens (tertiary/aromatic N) is 3. The number of aryl methyl sites for hydroxylation is 2. The molecule has 2 heterocycles. The first-order valence-electron chi connectivity index (χ1n) is 12.5. The van der Waals surface area contributed by atoms with Crippen LogP contribution in [0, 0.1) is 17.3 Å². The van der Waals surface area contributed by atoms with Crippen molar-refractivity contribution in [1.82, 2.24) is 19.9 Å². The summed E-state index contributed by atoms with van der Waals surface area (Å²) in [6.07, 6.45) is 9.99. The summed E-state index contributed by atoms with van der Waals surface area (Å²) in [7, 11) is 0. The van der Waals surface area contributed by atoms with Crippen LogP contribution in [0.1, 0.15) is 56.1 Å². The predicted molar refractivity (Wildman–Crippen MR) is 137 cm³/mol. The zero-order chi connectivity index (χ0) is 24.6. The normalized spacial score (nSPS) is 20.1. The van der Waals surface area contributed by atoms with Gasteiger partial charge in [-0.2, -0.15) is 0 Å². The molecule has 0 unspecified atom stereocenters. The van der Waals surface area contributed by atoms with Gasteiger partial charge in [0.15, 0.2) is 0 Å². The highest BCUT2D eigenvalue weighted by atomic mass is 16.2. The van der Waals surface area contributed by atoms with Crippen molar-refractivity contribution in [2.75, 3.05) is 11.9 Å². The molecule has 3 aromatic rings. The van der Waals surface area contributed by atoms with Gasteiger partial charge in [-0.15, -0.1) is 0 Å². The standard InChI is InChI=1S/C28H33N5O2/c1-18(34)32-25-15-20(27(35)30-12-9-19-7-8-21-16-23(19)28(21,2)3)14-24-26(25)33(17-31-24)13-10-22-6-4-5-11-29-22/h4-7,11,14-15,17,21,23H,8-10,12-13,16H2,1-3H3,(H,30,35)(H,32,34)/t21-,23-/m0/s1. The van der Waals surface area contributed by atoms with Crippen molar-refractivity contribution in [2.45, 2.75) is 53.0 Å². The molecule has 35 heavy (non-hydrogen) atoms. The number of carbonyl (C=O) groups excluding carboxylic acids is 2. The molecule has 1 aromatic carbocycles. The summed E-state index contributed by atoms with van der Waals surface area (Å²) in [4.78, 5) is 33.9. The molecule has 3 aliphatic carbocycles. The van der Waals surface area contributed by atoms with Crippen LogP contribution >= 0.6 is 0 Å². The van der Waals surface area contributed by atoms with Crippen LogP contribution in [-0.4, -0.2) is 32.9 Å². The van der Waals surface area contributed by atoms with E-state index in [0.29, 0.717) is 41.2 Å². The van der Waals surface area contributed by atoms with Crippen LogP contribution in [0.3, 0.4) is 0 Å². The summed E-state index contributed by atoms with van der Waals surface area (Å²) in [5.41, 5.74) is 5.44. The molecule has 2 bridgehead atoms. The minimum Gasteiger partial charge on any atom is -0.352 e. The topological polar surface area (TPSA) is 88.9 Å². The number of nitrogens with one attached hydrogen (secondary N) is 2. The van der Waals surface area contributed by atoms with Crippen LogP contribution in [0.15, 0.2) is 54.5 Å². The first-order chi connectivity index (χ1) is 16.8. The lowest BCUT2D eigenvalue weighted by molar-refractivity contribution is -0.114. The smallest absolute Gasteiger partial charge is 0.251 e. The number of hydrogen-bond acceptors (Lipinski definition) is 4. The Balaban J connectivity index is 1.30. The fourth-order valence-corrected chi connectivity index (χ4v) is 5.76. The average Bonchev–Trinajstić information content (AvgIpc) is 3.26. The monoisotopic (exact) mass is 471 g/mol. The number of anilines is 1. The maximum absolute atomic E-state index is 13.0. The number of imidazole rings is 1. The molecule has 0 spiro atoms. The molecular weight excluding hydrogens is 438 g/mol. The summed E-state index contributed by atoms with van der Waals surface area (Å²) in [6, 6.07) is 9.40. The van der Waals surface area contributed by atoms with Gasteiger partial charge in [0, 0.05) is 43.9 Å². The molecule has 182 valence electrons. The van der Waals surface area contributed by atoms with E-state index < -0.39 is 0 Å². The van der Waals surface area contributed by atoms with Crippen molar-refractivity contribution < 1.29 is 9.59 Å². The highest BCUT2D eigenvalue weighted by molar-refractivity contribution is 6.05. The Kier molecular flexibility index (Phi) is 6.17. The molecule has 0 radical (unpaired) electrons. The number of hydrogen-bond donors (Lipinski definition) is 2. The molecule has 3 aliphatic rings. The summed E-state index contributed by atoms with van der Waals surface area (Å²) in [5.74, 6) is 1.13. The molecule has 7 heteroatoms. The Morgan fingerprint density at radius 3 is 2.74 bits per heavy atom. The van der Waals surface area contributed by atoms with E-state index in [1.54, 1.807) is 24.7 Å². The van der Waals surface area contributed by atoms with Gasteiger partial charge in [0.2, 0.25) is 5.91 Å². The van der Waals surface area contributed by atoms with Crippen molar-refractivity contribution in [3.05, 3.63) is 65.8 Å². The number of benzene rings is 1. The minimum atomic E-state index is -0.188. The summed E-state index contributed by atoms with van der Waals surface area (Å²) >= 11 is 0. The van der Waals surface area contributed by atoms with E-state index >= 15 is 0 Å².